The quantitative estimate of drug-likeness (QED) is 0.334. The van der Waals surface area contributed by atoms with Crippen molar-refractivity contribution in [1.82, 2.24) is 0 Å². The van der Waals surface area contributed by atoms with E-state index in [2.05, 4.69) is 39.6 Å². The van der Waals surface area contributed by atoms with Crippen LogP contribution in [0.3, 0.4) is 0 Å². The van der Waals surface area contributed by atoms with Crippen LogP contribution >= 0.6 is 0 Å². The van der Waals surface area contributed by atoms with Gasteiger partial charge in [-0.2, -0.15) is 0 Å². The van der Waals surface area contributed by atoms with Gasteiger partial charge in [-0.1, -0.05) is 12.1 Å². The average Bonchev–Trinajstić information content (AvgIpc) is 2.53. The van der Waals surface area contributed by atoms with Crippen LogP contribution in [0.25, 0.3) is 0 Å². The van der Waals surface area contributed by atoms with Crippen molar-refractivity contribution in [3.8, 4) is 0 Å². The Morgan fingerprint density at radius 3 is 2.55 bits per heavy atom. The average molecular weight is 276 g/mol. The van der Waals surface area contributed by atoms with E-state index >= 15 is 0 Å². The van der Waals surface area contributed by atoms with Crippen molar-refractivity contribution in [3.05, 3.63) is 24.3 Å². The third-order valence-electron chi connectivity index (χ3n) is 3.82. The minimum atomic E-state index is 0.00164. The molecule has 1 aliphatic heterocycles. The molecule has 0 amide bonds. The standard InChI is InChI=1S/C15H24N4O/c1-12(15(16)18-20)11-17-13-5-7-14(8-6-13)19-9-3-2-4-10-19/h5-8,12,17,20H,2-4,9-11H2,1H3,(H2,16,18). The second-order valence-electron chi connectivity index (χ2n) is 5.40. The fraction of sp³-hybridized carbons (Fsp3) is 0.533. The summed E-state index contributed by atoms with van der Waals surface area (Å²) >= 11 is 0. The summed E-state index contributed by atoms with van der Waals surface area (Å²) in [5.74, 6) is 0.254. The van der Waals surface area contributed by atoms with E-state index in [9.17, 15) is 0 Å². The van der Waals surface area contributed by atoms with Crippen LogP contribution in [0, 0.1) is 5.92 Å². The molecule has 0 aromatic heterocycles. The number of nitrogens with zero attached hydrogens (tertiary/aromatic N) is 2. The summed E-state index contributed by atoms with van der Waals surface area (Å²) in [5, 5.41) is 14.9. The molecule has 0 spiro atoms. The molecule has 1 fully saturated rings. The zero-order valence-electron chi connectivity index (χ0n) is 12.0. The summed E-state index contributed by atoms with van der Waals surface area (Å²) in [4.78, 5) is 2.44. The van der Waals surface area contributed by atoms with Crippen molar-refractivity contribution < 1.29 is 5.21 Å². The number of rotatable bonds is 5. The number of nitrogens with two attached hydrogens (primary N) is 1. The molecule has 0 radical (unpaired) electrons. The predicted octanol–water partition coefficient (Wildman–Crippen LogP) is 2.47. The molecule has 1 atom stereocenters. The van der Waals surface area contributed by atoms with E-state index in [0.717, 1.165) is 18.8 Å². The summed E-state index contributed by atoms with van der Waals surface area (Å²) in [7, 11) is 0. The zero-order chi connectivity index (χ0) is 14.4. The molecule has 1 aromatic carbocycles. The highest BCUT2D eigenvalue weighted by molar-refractivity contribution is 5.82. The highest BCUT2D eigenvalue weighted by Gasteiger charge is 2.11. The minimum absolute atomic E-state index is 0.00164. The molecule has 1 unspecified atom stereocenters. The predicted molar refractivity (Wildman–Crippen MR) is 83.6 cm³/mol. The van der Waals surface area contributed by atoms with E-state index < -0.39 is 0 Å². The van der Waals surface area contributed by atoms with E-state index in [-0.39, 0.29) is 11.8 Å². The molecule has 5 heteroatoms. The van der Waals surface area contributed by atoms with E-state index in [1.807, 2.05) is 6.92 Å². The SMILES string of the molecule is CC(CNc1ccc(N2CCCCC2)cc1)C(N)=NO. The maximum atomic E-state index is 8.61. The molecule has 1 aromatic rings. The molecule has 4 N–H and O–H groups in total. The molecule has 0 aliphatic carbocycles. The van der Waals surface area contributed by atoms with Crippen LogP contribution in [0.1, 0.15) is 26.2 Å². The maximum absolute atomic E-state index is 8.61. The van der Waals surface area contributed by atoms with Gasteiger partial charge in [-0.05, 0) is 43.5 Å². The summed E-state index contributed by atoms with van der Waals surface area (Å²) in [5.41, 5.74) is 7.91. The Hall–Kier alpha value is -1.91. The minimum Gasteiger partial charge on any atom is -0.409 e. The first kappa shape index (κ1) is 14.5. The van der Waals surface area contributed by atoms with Crippen molar-refractivity contribution >= 4 is 17.2 Å². The Bertz CT molecular complexity index is 438. The van der Waals surface area contributed by atoms with Gasteiger partial charge in [0.05, 0.1) is 0 Å². The third-order valence-corrected chi connectivity index (χ3v) is 3.82. The Morgan fingerprint density at radius 1 is 1.30 bits per heavy atom. The zero-order valence-corrected chi connectivity index (χ0v) is 12.0. The van der Waals surface area contributed by atoms with Gasteiger partial charge >= 0.3 is 0 Å². The molecule has 0 bridgehead atoms. The van der Waals surface area contributed by atoms with Gasteiger partial charge in [-0.3, -0.25) is 0 Å². The number of nitrogens with one attached hydrogen (secondary N) is 1. The second kappa shape index (κ2) is 7.03. The van der Waals surface area contributed by atoms with Crippen LogP contribution < -0.4 is 16.0 Å². The van der Waals surface area contributed by atoms with Gasteiger partial charge in [0.25, 0.3) is 0 Å². The molecule has 20 heavy (non-hydrogen) atoms. The van der Waals surface area contributed by atoms with Crippen molar-refractivity contribution in [3.63, 3.8) is 0 Å². The lowest BCUT2D eigenvalue weighted by atomic mass is 10.1. The number of benzene rings is 1. The first-order valence-electron chi connectivity index (χ1n) is 7.27. The summed E-state index contributed by atoms with van der Waals surface area (Å²) < 4.78 is 0. The number of amidine groups is 1. The Labute approximate surface area is 120 Å². The van der Waals surface area contributed by atoms with Gasteiger partial charge in [-0.25, -0.2) is 0 Å². The maximum Gasteiger partial charge on any atom is 0.143 e. The van der Waals surface area contributed by atoms with Crippen molar-refractivity contribution in [2.75, 3.05) is 29.9 Å². The molecule has 1 heterocycles. The van der Waals surface area contributed by atoms with Crippen LogP contribution in [-0.4, -0.2) is 30.7 Å². The van der Waals surface area contributed by atoms with Gasteiger partial charge in [0, 0.05) is 36.9 Å². The fourth-order valence-corrected chi connectivity index (χ4v) is 2.42. The molecule has 5 nitrogen and oxygen atoms in total. The van der Waals surface area contributed by atoms with Gasteiger partial charge in [0.1, 0.15) is 5.84 Å². The van der Waals surface area contributed by atoms with Crippen molar-refractivity contribution in [2.24, 2.45) is 16.8 Å². The van der Waals surface area contributed by atoms with Crippen molar-refractivity contribution in [1.29, 1.82) is 0 Å². The topological polar surface area (TPSA) is 73.9 Å². The Kier molecular flexibility index (Phi) is 5.09. The second-order valence-corrected chi connectivity index (χ2v) is 5.40. The van der Waals surface area contributed by atoms with Crippen LogP contribution in [0.15, 0.2) is 29.4 Å². The van der Waals surface area contributed by atoms with E-state index in [4.69, 9.17) is 10.9 Å². The first-order chi connectivity index (χ1) is 9.70. The van der Waals surface area contributed by atoms with E-state index in [1.54, 1.807) is 0 Å². The van der Waals surface area contributed by atoms with Crippen LogP contribution in [0.4, 0.5) is 11.4 Å². The summed E-state index contributed by atoms with van der Waals surface area (Å²) in [6.07, 6.45) is 3.93. The first-order valence-corrected chi connectivity index (χ1v) is 7.27. The van der Waals surface area contributed by atoms with Gasteiger partial charge in [-0.15, -0.1) is 0 Å². The Balaban J connectivity index is 1.88. The fourth-order valence-electron chi connectivity index (χ4n) is 2.42. The number of oxime groups is 1. The lowest BCUT2D eigenvalue weighted by Crippen LogP contribution is -2.29. The Morgan fingerprint density at radius 2 is 1.95 bits per heavy atom. The van der Waals surface area contributed by atoms with Gasteiger partial charge in [0.2, 0.25) is 0 Å². The number of hydrogen-bond acceptors (Lipinski definition) is 4. The molecule has 110 valence electrons. The van der Waals surface area contributed by atoms with Gasteiger partial charge < -0.3 is 21.2 Å². The molecule has 2 rings (SSSR count). The highest BCUT2D eigenvalue weighted by atomic mass is 16.4. The summed E-state index contributed by atoms with van der Waals surface area (Å²) in [6.45, 7) is 4.89. The summed E-state index contributed by atoms with van der Waals surface area (Å²) in [6, 6.07) is 8.48. The lowest BCUT2D eigenvalue weighted by molar-refractivity contribution is 0.315. The molecule has 0 saturated carbocycles. The number of hydrogen-bond donors (Lipinski definition) is 3. The van der Waals surface area contributed by atoms with Crippen molar-refractivity contribution in [2.45, 2.75) is 26.2 Å². The normalized spacial score (nSPS) is 17.9. The molecule has 1 aliphatic rings. The number of piperidine rings is 1. The van der Waals surface area contributed by atoms with E-state index in [1.165, 1.54) is 24.9 Å². The molecular formula is C15H24N4O. The highest BCUT2D eigenvalue weighted by Crippen LogP contribution is 2.21. The smallest absolute Gasteiger partial charge is 0.143 e. The largest absolute Gasteiger partial charge is 0.409 e. The molecular weight excluding hydrogens is 252 g/mol. The van der Waals surface area contributed by atoms with Crippen LogP contribution in [-0.2, 0) is 0 Å². The lowest BCUT2D eigenvalue weighted by Gasteiger charge is -2.29. The monoisotopic (exact) mass is 276 g/mol. The third kappa shape index (κ3) is 3.79. The number of anilines is 2. The van der Waals surface area contributed by atoms with Gasteiger partial charge in [0.15, 0.2) is 0 Å². The van der Waals surface area contributed by atoms with Crippen LogP contribution in [0.5, 0.6) is 0 Å². The van der Waals surface area contributed by atoms with Crippen LogP contribution in [0.2, 0.25) is 0 Å². The molecule has 1 saturated heterocycles. The van der Waals surface area contributed by atoms with E-state index in [0.29, 0.717) is 6.54 Å².